The first-order chi connectivity index (χ1) is 7.34. The van der Waals surface area contributed by atoms with Crippen molar-refractivity contribution in [2.45, 2.75) is 0 Å². The Kier molecular flexibility index (Phi) is 4.73. The molecule has 0 bridgehead atoms. The van der Waals surface area contributed by atoms with Gasteiger partial charge in [0.05, 0.1) is 0 Å². The van der Waals surface area contributed by atoms with Crippen molar-refractivity contribution in [3.05, 3.63) is 60.4 Å². The molecule has 2 aromatic rings. The van der Waals surface area contributed by atoms with E-state index in [0.717, 1.165) is 5.56 Å². The number of pyridine rings is 1. The minimum absolute atomic E-state index is 0. The highest BCUT2D eigenvalue weighted by Gasteiger charge is 1.92. The highest BCUT2D eigenvalue weighted by Crippen LogP contribution is 2.11. The maximum absolute atomic E-state index is 9.27. The van der Waals surface area contributed by atoms with Crippen LogP contribution < -0.4 is 21.5 Å². The number of hydrogen-bond donors (Lipinski definition) is 1. The zero-order chi connectivity index (χ0) is 10.5. The van der Waals surface area contributed by atoms with Crippen LogP contribution >= 0.6 is 0 Å². The molecule has 1 N–H and O–H groups in total. The summed E-state index contributed by atoms with van der Waals surface area (Å²) in [5, 5.41) is 9.27. The molecule has 1 heterocycles. The van der Waals surface area contributed by atoms with Crippen LogP contribution in [0.4, 0.5) is 0 Å². The number of phenolic OH excluding ortho intramolecular Hbond substituents is 1. The van der Waals surface area contributed by atoms with Gasteiger partial charge in [-0.25, -0.2) is 0 Å². The van der Waals surface area contributed by atoms with Gasteiger partial charge in [0.1, 0.15) is 5.75 Å². The van der Waals surface area contributed by atoms with E-state index in [0.29, 0.717) is 0 Å². The summed E-state index contributed by atoms with van der Waals surface area (Å²) in [5.74, 6) is 0.287. The van der Waals surface area contributed by atoms with Gasteiger partial charge in [-0.15, -0.1) is 0 Å². The van der Waals surface area contributed by atoms with Crippen LogP contribution in [-0.2, 0) is 0 Å². The Labute approximate surface area is 105 Å². The van der Waals surface area contributed by atoms with Crippen molar-refractivity contribution < 1.29 is 26.7 Å². The van der Waals surface area contributed by atoms with Gasteiger partial charge in [-0.2, -0.15) is 4.57 Å². The molecule has 0 atom stereocenters. The Balaban J connectivity index is 0.00000128. The van der Waals surface area contributed by atoms with Crippen molar-refractivity contribution in [3.8, 4) is 5.75 Å². The molecule has 82 valence electrons. The Bertz CT molecular complexity index is 468. The lowest BCUT2D eigenvalue weighted by molar-refractivity contribution is -0.567. The molecule has 16 heavy (non-hydrogen) atoms. The van der Waals surface area contributed by atoms with Crippen molar-refractivity contribution in [1.29, 1.82) is 0 Å². The van der Waals surface area contributed by atoms with E-state index in [1.165, 1.54) is 0 Å². The summed E-state index contributed by atoms with van der Waals surface area (Å²) >= 11 is 0. The van der Waals surface area contributed by atoms with Gasteiger partial charge >= 0.3 is 0 Å². The molecule has 0 aliphatic heterocycles. The van der Waals surface area contributed by atoms with Gasteiger partial charge in [0, 0.05) is 18.2 Å². The minimum Gasteiger partial charge on any atom is -1.00 e. The SMILES string of the molecule is Oc1cccc(/C=C/[n+]2ccccc2)c1.[Br-]. The Morgan fingerprint density at radius 3 is 2.44 bits per heavy atom. The first-order valence-corrected chi connectivity index (χ1v) is 4.77. The number of aromatic hydroxyl groups is 1. The number of aromatic nitrogens is 1. The molecule has 1 aromatic carbocycles. The molecule has 0 aliphatic carbocycles. The fourth-order valence-corrected chi connectivity index (χ4v) is 1.31. The largest absolute Gasteiger partial charge is 1.00 e. The van der Waals surface area contributed by atoms with Crippen LogP contribution in [0.1, 0.15) is 5.56 Å². The molecule has 0 saturated carbocycles. The molecule has 1 aromatic heterocycles. The van der Waals surface area contributed by atoms with Gasteiger partial charge in [-0.3, -0.25) is 0 Å². The van der Waals surface area contributed by atoms with Crippen molar-refractivity contribution in [2.75, 3.05) is 0 Å². The summed E-state index contributed by atoms with van der Waals surface area (Å²) in [5.41, 5.74) is 0.978. The zero-order valence-corrected chi connectivity index (χ0v) is 10.2. The molecule has 2 nitrogen and oxygen atoms in total. The molecule has 0 unspecified atom stereocenters. The predicted molar refractivity (Wildman–Crippen MR) is 60.0 cm³/mol. The maximum Gasteiger partial charge on any atom is 0.175 e. The average Bonchev–Trinajstić information content (AvgIpc) is 2.28. The van der Waals surface area contributed by atoms with Crippen molar-refractivity contribution in [3.63, 3.8) is 0 Å². The van der Waals surface area contributed by atoms with Crippen LogP contribution in [0, 0.1) is 0 Å². The average molecular weight is 278 g/mol. The molecular weight excluding hydrogens is 266 g/mol. The second-order valence-corrected chi connectivity index (χ2v) is 3.23. The third-order valence-corrected chi connectivity index (χ3v) is 2.05. The number of rotatable bonds is 2. The summed E-state index contributed by atoms with van der Waals surface area (Å²) in [7, 11) is 0. The van der Waals surface area contributed by atoms with E-state index in [1.54, 1.807) is 12.1 Å². The van der Waals surface area contributed by atoms with Gasteiger partial charge in [-0.05, 0) is 17.7 Å². The smallest absolute Gasteiger partial charge is 0.175 e. The van der Waals surface area contributed by atoms with E-state index in [9.17, 15) is 5.11 Å². The normalized spacial score (nSPS) is 10.0. The summed E-state index contributed by atoms with van der Waals surface area (Å²) in [6, 6.07) is 13.1. The Morgan fingerprint density at radius 1 is 1.00 bits per heavy atom. The van der Waals surface area contributed by atoms with Crippen LogP contribution in [-0.4, -0.2) is 5.11 Å². The van der Waals surface area contributed by atoms with E-state index in [1.807, 2.05) is 59.6 Å². The molecule has 0 saturated heterocycles. The topological polar surface area (TPSA) is 24.1 Å². The Hall–Kier alpha value is -1.61. The second kappa shape index (κ2) is 6.08. The van der Waals surface area contributed by atoms with Gasteiger partial charge < -0.3 is 22.1 Å². The number of hydrogen-bond acceptors (Lipinski definition) is 1. The molecule has 2 rings (SSSR count). The number of halogens is 1. The monoisotopic (exact) mass is 277 g/mol. The van der Waals surface area contributed by atoms with Crippen LogP contribution in [0.25, 0.3) is 12.3 Å². The second-order valence-electron chi connectivity index (χ2n) is 3.23. The molecule has 0 aliphatic rings. The van der Waals surface area contributed by atoms with Gasteiger partial charge in [0.25, 0.3) is 0 Å². The van der Waals surface area contributed by atoms with Crippen LogP contribution in [0.3, 0.4) is 0 Å². The van der Waals surface area contributed by atoms with E-state index in [4.69, 9.17) is 0 Å². The third kappa shape index (κ3) is 3.51. The van der Waals surface area contributed by atoms with Crippen molar-refractivity contribution in [2.24, 2.45) is 0 Å². The van der Waals surface area contributed by atoms with Gasteiger partial charge in [0.15, 0.2) is 18.6 Å². The summed E-state index contributed by atoms with van der Waals surface area (Å²) in [4.78, 5) is 0. The fourth-order valence-electron chi connectivity index (χ4n) is 1.31. The Morgan fingerprint density at radius 2 is 1.75 bits per heavy atom. The van der Waals surface area contributed by atoms with Gasteiger partial charge in [0.2, 0.25) is 0 Å². The van der Waals surface area contributed by atoms with Crippen molar-refractivity contribution in [1.82, 2.24) is 0 Å². The summed E-state index contributed by atoms with van der Waals surface area (Å²) in [6.07, 6.45) is 7.80. The lowest BCUT2D eigenvalue weighted by Gasteiger charge is -1.92. The number of benzene rings is 1. The quantitative estimate of drug-likeness (QED) is 0.723. The predicted octanol–water partition coefficient (Wildman–Crippen LogP) is -0.688. The van der Waals surface area contributed by atoms with E-state index < -0.39 is 0 Å². The molecule has 0 spiro atoms. The number of phenols is 1. The first kappa shape index (κ1) is 12.5. The van der Waals surface area contributed by atoms with Crippen molar-refractivity contribution >= 4 is 12.3 Å². The molecule has 0 fully saturated rings. The first-order valence-electron chi connectivity index (χ1n) is 4.77. The minimum atomic E-state index is 0. The summed E-state index contributed by atoms with van der Waals surface area (Å²) in [6.45, 7) is 0. The summed E-state index contributed by atoms with van der Waals surface area (Å²) < 4.78 is 1.95. The van der Waals surface area contributed by atoms with E-state index in [-0.39, 0.29) is 22.7 Å². The highest BCUT2D eigenvalue weighted by molar-refractivity contribution is 5.58. The van der Waals surface area contributed by atoms with E-state index in [2.05, 4.69) is 0 Å². The molecular formula is C13H12BrNO. The van der Waals surface area contributed by atoms with Gasteiger partial charge in [-0.1, -0.05) is 18.2 Å². The van der Waals surface area contributed by atoms with Crippen LogP contribution in [0.2, 0.25) is 0 Å². The molecule has 0 amide bonds. The molecule has 3 heteroatoms. The third-order valence-electron chi connectivity index (χ3n) is 2.05. The lowest BCUT2D eigenvalue weighted by Crippen LogP contribution is -3.00. The maximum atomic E-state index is 9.27. The lowest BCUT2D eigenvalue weighted by atomic mass is 10.2. The zero-order valence-electron chi connectivity index (χ0n) is 8.62. The highest BCUT2D eigenvalue weighted by atomic mass is 79.9. The van der Waals surface area contributed by atoms with Crippen LogP contribution in [0.15, 0.2) is 54.9 Å². The standard InChI is InChI=1S/C13H11NO.BrH/c15-13-6-4-5-12(11-13)7-10-14-8-2-1-3-9-14;/h1-11H;1H/b10-7+;. The van der Waals surface area contributed by atoms with Crippen LogP contribution in [0.5, 0.6) is 5.75 Å². The fraction of sp³-hybridized carbons (Fsp3) is 0. The van der Waals surface area contributed by atoms with E-state index >= 15 is 0 Å². The molecule has 0 radical (unpaired) electrons. The number of nitrogens with zero attached hydrogens (tertiary/aromatic N) is 1.